The molecule has 102 valence electrons. The minimum absolute atomic E-state index is 0.0271. The van der Waals surface area contributed by atoms with Gasteiger partial charge >= 0.3 is 0 Å². The smallest absolute Gasteiger partial charge is 0.239 e. The fraction of sp³-hybridized carbons (Fsp3) is 0.750. The van der Waals surface area contributed by atoms with Gasteiger partial charge in [0.05, 0.1) is 6.54 Å². The molecule has 0 bridgehead atoms. The minimum Gasteiger partial charge on any atom is -0.370 e. The molecule has 0 radical (unpaired) electrons. The maximum atomic E-state index is 11.5. The second kappa shape index (κ2) is 7.68. The maximum Gasteiger partial charge on any atom is 0.239 e. The number of primary amides is 1. The van der Waals surface area contributed by atoms with E-state index >= 15 is 0 Å². The monoisotopic (exact) mass is 255 g/mol. The first-order valence-corrected chi connectivity index (χ1v) is 6.39. The van der Waals surface area contributed by atoms with E-state index in [0.29, 0.717) is 25.8 Å². The molecule has 1 aliphatic heterocycles. The van der Waals surface area contributed by atoms with Crippen molar-refractivity contribution in [3.63, 3.8) is 0 Å². The Morgan fingerprint density at radius 1 is 1.17 bits per heavy atom. The van der Waals surface area contributed by atoms with E-state index in [2.05, 4.69) is 10.6 Å². The lowest BCUT2D eigenvalue weighted by atomic mass is 9.93. The maximum absolute atomic E-state index is 11.5. The van der Waals surface area contributed by atoms with Gasteiger partial charge in [-0.3, -0.25) is 14.4 Å². The number of nitrogens with two attached hydrogens (primary N) is 1. The van der Waals surface area contributed by atoms with Gasteiger partial charge in [0, 0.05) is 19.4 Å². The number of carbonyl (C=O) groups is 3. The molecule has 1 atom stereocenters. The third kappa shape index (κ3) is 6.22. The molecule has 1 fully saturated rings. The second-order valence-corrected chi connectivity index (χ2v) is 4.70. The average Bonchev–Trinajstić information content (AvgIpc) is 2.30. The third-order valence-electron chi connectivity index (χ3n) is 3.08. The van der Waals surface area contributed by atoms with Crippen LogP contribution in [0.15, 0.2) is 0 Å². The van der Waals surface area contributed by atoms with E-state index in [9.17, 15) is 14.4 Å². The molecule has 1 saturated heterocycles. The van der Waals surface area contributed by atoms with Crippen LogP contribution in [0.3, 0.4) is 0 Å². The van der Waals surface area contributed by atoms with E-state index in [1.54, 1.807) is 0 Å². The first-order chi connectivity index (χ1) is 8.58. The summed E-state index contributed by atoms with van der Waals surface area (Å²) in [7, 11) is 0. The van der Waals surface area contributed by atoms with Crippen molar-refractivity contribution < 1.29 is 14.4 Å². The van der Waals surface area contributed by atoms with Crippen molar-refractivity contribution in [2.45, 2.75) is 38.5 Å². The highest BCUT2D eigenvalue weighted by Gasteiger charge is 2.15. The van der Waals surface area contributed by atoms with E-state index in [1.807, 2.05) is 0 Å². The van der Waals surface area contributed by atoms with Crippen LogP contribution in [0.25, 0.3) is 0 Å². The summed E-state index contributed by atoms with van der Waals surface area (Å²) in [5.41, 5.74) is 5.20. The standard InChI is InChI=1S/C12H21N3O3/c13-10(16)7-9-3-1-2-6-14-12(18)8-15-11(17)5-4-9/h9H,1-8H2,(H2,13,16)(H,14,18)(H,15,17). The number of rotatable bonds is 2. The fourth-order valence-corrected chi connectivity index (χ4v) is 2.08. The molecule has 0 aliphatic carbocycles. The van der Waals surface area contributed by atoms with Gasteiger partial charge in [-0.05, 0) is 25.2 Å². The summed E-state index contributed by atoms with van der Waals surface area (Å²) in [4.78, 5) is 33.7. The Hall–Kier alpha value is -1.59. The molecular formula is C12H21N3O3. The molecule has 1 aliphatic rings. The zero-order valence-corrected chi connectivity index (χ0v) is 10.5. The van der Waals surface area contributed by atoms with Gasteiger partial charge in [-0.15, -0.1) is 0 Å². The van der Waals surface area contributed by atoms with Gasteiger partial charge in [0.25, 0.3) is 0 Å². The molecule has 0 aromatic rings. The first-order valence-electron chi connectivity index (χ1n) is 6.39. The number of carbonyl (C=O) groups excluding carboxylic acids is 3. The summed E-state index contributed by atoms with van der Waals surface area (Å²) in [6.45, 7) is 0.636. The van der Waals surface area contributed by atoms with Crippen LogP contribution in [-0.2, 0) is 14.4 Å². The van der Waals surface area contributed by atoms with Crippen LogP contribution >= 0.6 is 0 Å². The lowest BCUT2D eigenvalue weighted by Crippen LogP contribution is -2.37. The van der Waals surface area contributed by atoms with E-state index < -0.39 is 0 Å². The summed E-state index contributed by atoms with van der Waals surface area (Å²) in [5, 5.41) is 5.29. The highest BCUT2D eigenvalue weighted by atomic mass is 16.2. The molecule has 0 spiro atoms. The number of amides is 3. The van der Waals surface area contributed by atoms with Crippen molar-refractivity contribution in [3.8, 4) is 0 Å². The molecule has 3 amide bonds. The van der Waals surface area contributed by atoms with Gasteiger partial charge < -0.3 is 16.4 Å². The predicted octanol–water partition coefficient (Wildman–Crippen LogP) is -0.325. The topological polar surface area (TPSA) is 101 Å². The predicted molar refractivity (Wildman–Crippen MR) is 66.4 cm³/mol. The van der Waals surface area contributed by atoms with Gasteiger partial charge in [-0.25, -0.2) is 0 Å². The minimum atomic E-state index is -0.319. The zero-order chi connectivity index (χ0) is 13.4. The van der Waals surface area contributed by atoms with E-state index in [4.69, 9.17) is 5.73 Å². The molecule has 1 rings (SSSR count). The van der Waals surface area contributed by atoms with Crippen LogP contribution in [0.2, 0.25) is 0 Å². The molecular weight excluding hydrogens is 234 g/mol. The van der Waals surface area contributed by atoms with Crippen molar-refractivity contribution in [1.82, 2.24) is 10.6 Å². The Bertz CT molecular complexity index is 318. The Morgan fingerprint density at radius 2 is 1.94 bits per heavy atom. The summed E-state index contributed by atoms with van der Waals surface area (Å²) in [5.74, 6) is -0.456. The Labute approximate surface area is 107 Å². The third-order valence-corrected chi connectivity index (χ3v) is 3.08. The van der Waals surface area contributed by atoms with Gasteiger partial charge in [0.1, 0.15) is 0 Å². The van der Waals surface area contributed by atoms with Crippen LogP contribution in [0.4, 0.5) is 0 Å². The quantitative estimate of drug-likeness (QED) is 0.630. The highest BCUT2D eigenvalue weighted by Crippen LogP contribution is 2.18. The van der Waals surface area contributed by atoms with Gasteiger partial charge in [-0.2, -0.15) is 0 Å². The van der Waals surface area contributed by atoms with Gasteiger partial charge in [-0.1, -0.05) is 6.42 Å². The van der Waals surface area contributed by atoms with E-state index in [0.717, 1.165) is 19.3 Å². The van der Waals surface area contributed by atoms with Crippen LogP contribution in [-0.4, -0.2) is 30.8 Å². The molecule has 0 aromatic carbocycles. The van der Waals surface area contributed by atoms with Crippen molar-refractivity contribution in [2.24, 2.45) is 11.7 Å². The Kier molecular flexibility index (Phi) is 6.18. The zero-order valence-electron chi connectivity index (χ0n) is 10.5. The molecule has 6 nitrogen and oxygen atoms in total. The molecule has 0 saturated carbocycles. The van der Waals surface area contributed by atoms with Crippen molar-refractivity contribution >= 4 is 17.7 Å². The van der Waals surface area contributed by atoms with Crippen LogP contribution in [0.1, 0.15) is 38.5 Å². The second-order valence-electron chi connectivity index (χ2n) is 4.70. The number of hydrogen-bond acceptors (Lipinski definition) is 3. The molecule has 1 unspecified atom stereocenters. The molecule has 0 aromatic heterocycles. The average molecular weight is 255 g/mol. The normalized spacial score (nSPS) is 23.2. The number of hydrogen-bond donors (Lipinski definition) is 3. The lowest BCUT2D eigenvalue weighted by Gasteiger charge is -2.16. The summed E-state index contributed by atoms with van der Waals surface area (Å²) >= 11 is 0. The summed E-state index contributed by atoms with van der Waals surface area (Å²) in [6.07, 6.45) is 4.00. The van der Waals surface area contributed by atoms with E-state index in [-0.39, 0.29) is 30.2 Å². The summed E-state index contributed by atoms with van der Waals surface area (Å²) in [6, 6.07) is 0. The Balaban J connectivity index is 2.47. The SMILES string of the molecule is NC(=O)CC1CCCCNC(=O)CNC(=O)CC1. The van der Waals surface area contributed by atoms with Crippen LogP contribution in [0.5, 0.6) is 0 Å². The van der Waals surface area contributed by atoms with Gasteiger partial charge in [0.2, 0.25) is 17.7 Å². The molecule has 1 heterocycles. The van der Waals surface area contributed by atoms with Crippen molar-refractivity contribution in [2.75, 3.05) is 13.1 Å². The molecule has 6 heteroatoms. The largest absolute Gasteiger partial charge is 0.370 e. The highest BCUT2D eigenvalue weighted by molar-refractivity contribution is 5.84. The van der Waals surface area contributed by atoms with E-state index in [1.165, 1.54) is 0 Å². The Morgan fingerprint density at radius 3 is 2.67 bits per heavy atom. The van der Waals surface area contributed by atoms with Crippen molar-refractivity contribution in [3.05, 3.63) is 0 Å². The fourth-order valence-electron chi connectivity index (χ4n) is 2.08. The molecule has 18 heavy (non-hydrogen) atoms. The van der Waals surface area contributed by atoms with Crippen molar-refractivity contribution in [1.29, 1.82) is 0 Å². The van der Waals surface area contributed by atoms with Gasteiger partial charge in [0.15, 0.2) is 0 Å². The van der Waals surface area contributed by atoms with Crippen LogP contribution in [0, 0.1) is 5.92 Å². The number of nitrogens with one attached hydrogen (secondary N) is 2. The lowest BCUT2D eigenvalue weighted by molar-refractivity contribution is -0.126. The molecule has 4 N–H and O–H groups in total. The van der Waals surface area contributed by atoms with Crippen LogP contribution < -0.4 is 16.4 Å². The summed E-state index contributed by atoms with van der Waals surface area (Å²) < 4.78 is 0. The first kappa shape index (κ1) is 14.5.